The minimum atomic E-state index is -1.28. The Labute approximate surface area is 148 Å². The number of carbonyl (C=O) groups is 3. The Kier molecular flexibility index (Phi) is 6.15. The van der Waals surface area contributed by atoms with Crippen molar-refractivity contribution in [2.45, 2.75) is 13.0 Å². The summed E-state index contributed by atoms with van der Waals surface area (Å²) < 4.78 is 5.23. The lowest BCUT2D eigenvalue weighted by atomic mass is 9.99. The molecular weight excluding hydrogens is 340 g/mol. The SMILES string of the molecule is CC(=O)NCC(=O)OC(C(=O)c1ccccc1)c1ccc([N+](=O)[O-])cc1. The lowest BCUT2D eigenvalue weighted by Crippen LogP contribution is -2.31. The van der Waals surface area contributed by atoms with Crippen LogP contribution in [0.25, 0.3) is 0 Å². The van der Waals surface area contributed by atoms with Crippen molar-refractivity contribution in [3.8, 4) is 0 Å². The molecule has 8 nitrogen and oxygen atoms in total. The fraction of sp³-hybridized carbons (Fsp3) is 0.167. The average molecular weight is 356 g/mol. The normalized spacial score (nSPS) is 11.3. The molecule has 0 spiro atoms. The van der Waals surface area contributed by atoms with E-state index in [0.717, 1.165) is 0 Å². The second-order valence-electron chi connectivity index (χ2n) is 5.36. The highest BCUT2D eigenvalue weighted by Gasteiger charge is 2.26. The predicted molar refractivity (Wildman–Crippen MR) is 91.4 cm³/mol. The van der Waals surface area contributed by atoms with E-state index in [1.54, 1.807) is 30.3 Å². The predicted octanol–water partition coefficient (Wildman–Crippen LogP) is 2.20. The van der Waals surface area contributed by atoms with E-state index < -0.39 is 28.7 Å². The first kappa shape index (κ1) is 18.8. The first-order valence-electron chi connectivity index (χ1n) is 7.66. The average Bonchev–Trinajstić information content (AvgIpc) is 2.64. The first-order chi connectivity index (χ1) is 12.4. The Hall–Kier alpha value is -3.55. The molecule has 2 aromatic carbocycles. The van der Waals surface area contributed by atoms with Crippen LogP contribution < -0.4 is 5.32 Å². The Morgan fingerprint density at radius 1 is 1.08 bits per heavy atom. The van der Waals surface area contributed by atoms with E-state index in [2.05, 4.69) is 5.32 Å². The number of nitro groups is 1. The van der Waals surface area contributed by atoms with Crippen LogP contribution >= 0.6 is 0 Å². The molecule has 1 amide bonds. The van der Waals surface area contributed by atoms with E-state index in [9.17, 15) is 24.5 Å². The van der Waals surface area contributed by atoms with E-state index in [-0.39, 0.29) is 12.2 Å². The molecule has 2 rings (SSSR count). The zero-order valence-corrected chi connectivity index (χ0v) is 13.9. The number of esters is 1. The third kappa shape index (κ3) is 4.97. The van der Waals surface area contributed by atoms with Crippen LogP contribution in [-0.2, 0) is 14.3 Å². The number of hydrogen-bond donors (Lipinski definition) is 1. The molecule has 8 heteroatoms. The van der Waals surface area contributed by atoms with Crippen molar-refractivity contribution in [3.05, 3.63) is 75.8 Å². The number of rotatable bonds is 7. The summed E-state index contributed by atoms with van der Waals surface area (Å²) in [6.07, 6.45) is -1.28. The summed E-state index contributed by atoms with van der Waals surface area (Å²) in [5.41, 5.74) is 0.466. The molecule has 0 bridgehead atoms. The van der Waals surface area contributed by atoms with Crippen molar-refractivity contribution in [3.63, 3.8) is 0 Å². The van der Waals surface area contributed by atoms with Gasteiger partial charge in [0.15, 0.2) is 6.10 Å². The van der Waals surface area contributed by atoms with Crippen LogP contribution in [0.2, 0.25) is 0 Å². The molecule has 0 saturated heterocycles. The van der Waals surface area contributed by atoms with E-state index in [1.807, 2.05) is 0 Å². The number of ketones is 1. The summed E-state index contributed by atoms with van der Waals surface area (Å²) in [7, 11) is 0. The van der Waals surface area contributed by atoms with Gasteiger partial charge in [-0.25, -0.2) is 0 Å². The number of nitrogens with one attached hydrogen (secondary N) is 1. The number of benzene rings is 2. The molecule has 2 aromatic rings. The smallest absolute Gasteiger partial charge is 0.326 e. The molecule has 0 radical (unpaired) electrons. The molecule has 1 unspecified atom stereocenters. The van der Waals surface area contributed by atoms with Gasteiger partial charge in [-0.3, -0.25) is 24.5 Å². The highest BCUT2D eigenvalue weighted by molar-refractivity contribution is 6.01. The highest BCUT2D eigenvalue weighted by Crippen LogP contribution is 2.25. The Bertz CT molecular complexity index is 817. The number of Topliss-reactive ketones (excluding diaryl/α,β-unsaturated/α-hetero) is 1. The minimum Gasteiger partial charge on any atom is -0.448 e. The van der Waals surface area contributed by atoms with Gasteiger partial charge in [-0.05, 0) is 12.1 Å². The van der Waals surface area contributed by atoms with E-state index in [1.165, 1.54) is 31.2 Å². The number of carbonyl (C=O) groups excluding carboxylic acids is 3. The summed E-state index contributed by atoms with van der Waals surface area (Å²) in [6.45, 7) is 0.858. The molecule has 1 atom stereocenters. The van der Waals surface area contributed by atoms with Crippen LogP contribution in [0.3, 0.4) is 0 Å². The second-order valence-corrected chi connectivity index (χ2v) is 5.36. The molecule has 0 heterocycles. The van der Waals surface area contributed by atoms with Gasteiger partial charge >= 0.3 is 5.97 Å². The highest BCUT2D eigenvalue weighted by atomic mass is 16.6. The largest absolute Gasteiger partial charge is 0.448 e. The monoisotopic (exact) mass is 356 g/mol. The summed E-state index contributed by atoms with van der Waals surface area (Å²) in [5, 5.41) is 13.1. The summed E-state index contributed by atoms with van der Waals surface area (Å²) in [5.74, 6) is -1.69. The summed E-state index contributed by atoms with van der Waals surface area (Å²) >= 11 is 0. The van der Waals surface area contributed by atoms with Crippen LogP contribution in [0.15, 0.2) is 54.6 Å². The Morgan fingerprint density at radius 2 is 1.69 bits per heavy atom. The van der Waals surface area contributed by atoms with Crippen molar-refractivity contribution >= 4 is 23.3 Å². The number of non-ortho nitro benzene ring substituents is 1. The third-order valence-electron chi connectivity index (χ3n) is 3.43. The van der Waals surface area contributed by atoms with Crippen molar-refractivity contribution in [1.82, 2.24) is 5.32 Å². The molecule has 0 aliphatic heterocycles. The standard InChI is InChI=1S/C18H16N2O6/c1-12(21)19-11-16(22)26-18(17(23)13-5-3-2-4-6-13)14-7-9-15(10-8-14)20(24)25/h2-10,18H,11H2,1H3,(H,19,21). The topological polar surface area (TPSA) is 116 Å². The van der Waals surface area contributed by atoms with Crippen LogP contribution in [0.1, 0.15) is 28.9 Å². The van der Waals surface area contributed by atoms with Crippen LogP contribution in [0.4, 0.5) is 5.69 Å². The maximum Gasteiger partial charge on any atom is 0.326 e. The quantitative estimate of drug-likeness (QED) is 0.352. The lowest BCUT2D eigenvalue weighted by Gasteiger charge is -2.17. The Morgan fingerprint density at radius 3 is 2.23 bits per heavy atom. The van der Waals surface area contributed by atoms with E-state index >= 15 is 0 Å². The minimum absolute atomic E-state index is 0.149. The molecule has 134 valence electrons. The number of nitro benzene ring substituents is 1. The molecule has 0 aliphatic carbocycles. The van der Waals surface area contributed by atoms with Gasteiger partial charge in [-0.15, -0.1) is 0 Å². The maximum absolute atomic E-state index is 12.7. The Balaban J connectivity index is 2.28. The van der Waals surface area contributed by atoms with E-state index in [4.69, 9.17) is 4.74 Å². The van der Waals surface area contributed by atoms with Crippen LogP contribution in [0.5, 0.6) is 0 Å². The fourth-order valence-electron chi connectivity index (χ4n) is 2.17. The first-order valence-corrected chi connectivity index (χ1v) is 7.66. The maximum atomic E-state index is 12.7. The summed E-state index contributed by atoms with van der Waals surface area (Å²) in [4.78, 5) is 45.8. The second kappa shape index (κ2) is 8.52. The molecule has 0 aromatic heterocycles. The summed E-state index contributed by atoms with van der Waals surface area (Å²) in [6, 6.07) is 13.4. The molecule has 0 aliphatic rings. The zero-order chi connectivity index (χ0) is 19.1. The van der Waals surface area contributed by atoms with Gasteiger partial charge in [0.25, 0.3) is 5.69 Å². The zero-order valence-electron chi connectivity index (χ0n) is 13.9. The van der Waals surface area contributed by atoms with Gasteiger partial charge < -0.3 is 10.1 Å². The molecular formula is C18H16N2O6. The molecule has 0 fully saturated rings. The van der Waals surface area contributed by atoms with Crippen LogP contribution in [0, 0.1) is 10.1 Å². The van der Waals surface area contributed by atoms with Gasteiger partial charge in [-0.1, -0.05) is 30.3 Å². The number of amides is 1. The molecule has 1 N–H and O–H groups in total. The van der Waals surface area contributed by atoms with Gasteiger partial charge in [0, 0.05) is 30.2 Å². The molecule has 26 heavy (non-hydrogen) atoms. The number of nitrogens with zero attached hydrogens (tertiary/aromatic N) is 1. The van der Waals surface area contributed by atoms with Gasteiger partial charge in [0.1, 0.15) is 6.54 Å². The van der Waals surface area contributed by atoms with Crippen LogP contribution in [-0.4, -0.2) is 29.1 Å². The van der Waals surface area contributed by atoms with Crippen molar-refractivity contribution < 1.29 is 24.0 Å². The van der Waals surface area contributed by atoms with Gasteiger partial charge in [0.05, 0.1) is 4.92 Å². The van der Waals surface area contributed by atoms with Gasteiger partial charge in [0.2, 0.25) is 11.7 Å². The van der Waals surface area contributed by atoms with Crippen molar-refractivity contribution in [2.75, 3.05) is 6.54 Å². The van der Waals surface area contributed by atoms with Crippen molar-refractivity contribution in [2.24, 2.45) is 0 Å². The van der Waals surface area contributed by atoms with E-state index in [0.29, 0.717) is 11.1 Å². The lowest BCUT2D eigenvalue weighted by molar-refractivity contribution is -0.384. The number of hydrogen-bond acceptors (Lipinski definition) is 6. The number of ether oxygens (including phenoxy) is 1. The third-order valence-corrected chi connectivity index (χ3v) is 3.43. The van der Waals surface area contributed by atoms with Crippen molar-refractivity contribution in [1.29, 1.82) is 0 Å². The molecule has 0 saturated carbocycles. The van der Waals surface area contributed by atoms with Gasteiger partial charge in [-0.2, -0.15) is 0 Å². The fourth-order valence-corrected chi connectivity index (χ4v) is 2.17.